The van der Waals surface area contributed by atoms with Crippen LogP contribution in [0.25, 0.3) is 0 Å². The van der Waals surface area contributed by atoms with Crippen molar-refractivity contribution < 1.29 is 14.3 Å². The van der Waals surface area contributed by atoms with E-state index in [-0.39, 0.29) is 23.8 Å². The minimum absolute atomic E-state index is 0.207. The molecule has 1 aromatic rings. The first kappa shape index (κ1) is 27.3. The summed E-state index contributed by atoms with van der Waals surface area (Å²) in [5, 5.41) is 15.7. The largest absolute Gasteiger partial charge is 0.450 e. The first-order valence-electron chi connectivity index (χ1n) is 12.1. The molecule has 1 unspecified atom stereocenters. The standard InChI is InChI=1S/C26H39N5O3/c1-6-15-31-16-13-26(19-27,14-17-31)30-23(32)21(18-25(3,4)5)28-22(29-24(33)34-7-2)20-11-9-8-10-12-20/h8-12,21H,6-7,13-18H2,1-5H3,(H,30,32)(H,28,29,33). The number of nitriles is 1. The minimum atomic E-state index is -0.908. The second kappa shape index (κ2) is 12.5. The molecule has 2 rings (SSSR count). The molecule has 0 spiro atoms. The second-order valence-corrected chi connectivity index (χ2v) is 9.99. The quantitative estimate of drug-likeness (QED) is 0.444. The van der Waals surface area contributed by atoms with Crippen molar-refractivity contribution in [3.8, 4) is 6.07 Å². The predicted octanol–water partition coefficient (Wildman–Crippen LogP) is 3.87. The molecule has 8 heteroatoms. The van der Waals surface area contributed by atoms with Crippen LogP contribution >= 0.6 is 0 Å². The van der Waals surface area contributed by atoms with Gasteiger partial charge in [0.25, 0.3) is 0 Å². The molecule has 0 bridgehead atoms. The summed E-state index contributed by atoms with van der Waals surface area (Å²) in [7, 11) is 0. The molecule has 0 aliphatic carbocycles. The van der Waals surface area contributed by atoms with Crippen LogP contribution in [-0.4, -0.2) is 60.6 Å². The van der Waals surface area contributed by atoms with Crippen molar-refractivity contribution >= 4 is 17.8 Å². The van der Waals surface area contributed by atoms with Crippen LogP contribution in [0.4, 0.5) is 4.79 Å². The molecular weight excluding hydrogens is 430 g/mol. The second-order valence-electron chi connectivity index (χ2n) is 9.99. The zero-order valence-electron chi connectivity index (χ0n) is 21.2. The molecule has 186 valence electrons. The molecular formula is C26H39N5O3. The summed E-state index contributed by atoms with van der Waals surface area (Å²) in [4.78, 5) is 32.7. The summed E-state index contributed by atoms with van der Waals surface area (Å²) in [5.41, 5.74) is -0.444. The molecule has 1 fully saturated rings. The Bertz CT molecular complexity index is 878. The number of piperidine rings is 1. The molecule has 0 radical (unpaired) electrons. The van der Waals surface area contributed by atoms with Crippen molar-refractivity contribution in [1.82, 2.24) is 15.5 Å². The van der Waals surface area contributed by atoms with E-state index in [9.17, 15) is 14.9 Å². The zero-order valence-corrected chi connectivity index (χ0v) is 21.2. The lowest BCUT2D eigenvalue weighted by Crippen LogP contribution is -2.56. The van der Waals surface area contributed by atoms with Crippen LogP contribution in [0.3, 0.4) is 0 Å². The van der Waals surface area contributed by atoms with E-state index >= 15 is 0 Å². The highest BCUT2D eigenvalue weighted by molar-refractivity contribution is 6.07. The van der Waals surface area contributed by atoms with Crippen molar-refractivity contribution in [2.45, 2.75) is 71.9 Å². The average molecular weight is 470 g/mol. The third kappa shape index (κ3) is 8.45. The number of likely N-dealkylation sites (tertiary alicyclic amines) is 1. The van der Waals surface area contributed by atoms with Crippen molar-refractivity contribution in [1.29, 1.82) is 5.26 Å². The Morgan fingerprint density at radius 1 is 1.21 bits per heavy atom. The topological polar surface area (TPSA) is 107 Å². The van der Waals surface area contributed by atoms with Gasteiger partial charge in [-0.3, -0.25) is 15.1 Å². The van der Waals surface area contributed by atoms with E-state index in [1.807, 2.05) is 51.1 Å². The molecule has 1 heterocycles. The van der Waals surface area contributed by atoms with Crippen LogP contribution in [-0.2, 0) is 9.53 Å². The van der Waals surface area contributed by atoms with E-state index in [1.165, 1.54) is 0 Å². The Morgan fingerprint density at radius 3 is 2.38 bits per heavy atom. The SMILES string of the molecule is CCCN1CCC(C#N)(NC(=O)C(CC(C)(C)C)N=C(NC(=O)OCC)c2ccccc2)CC1. The molecule has 0 saturated carbocycles. The summed E-state index contributed by atoms with van der Waals surface area (Å²) >= 11 is 0. The number of rotatable bonds is 8. The number of alkyl carbamates (subject to hydrolysis) is 1. The smallest absolute Gasteiger partial charge is 0.412 e. The molecule has 2 N–H and O–H groups in total. The number of hydrogen-bond donors (Lipinski definition) is 2. The van der Waals surface area contributed by atoms with Gasteiger partial charge in [0.2, 0.25) is 5.91 Å². The van der Waals surface area contributed by atoms with Gasteiger partial charge in [-0.2, -0.15) is 5.26 Å². The maximum absolute atomic E-state index is 13.5. The fourth-order valence-corrected chi connectivity index (χ4v) is 4.03. The van der Waals surface area contributed by atoms with Crippen LogP contribution in [0.5, 0.6) is 0 Å². The normalized spacial score (nSPS) is 17.4. The molecule has 1 atom stereocenters. The maximum Gasteiger partial charge on any atom is 0.412 e. The van der Waals surface area contributed by atoms with Crippen LogP contribution < -0.4 is 10.6 Å². The molecule has 1 aliphatic rings. The van der Waals surface area contributed by atoms with Crippen LogP contribution in [0.2, 0.25) is 0 Å². The Morgan fingerprint density at radius 2 is 1.85 bits per heavy atom. The van der Waals surface area contributed by atoms with Gasteiger partial charge in [0, 0.05) is 18.7 Å². The molecule has 1 saturated heterocycles. The number of carbonyl (C=O) groups is 2. The lowest BCUT2D eigenvalue weighted by Gasteiger charge is -2.38. The van der Waals surface area contributed by atoms with Gasteiger partial charge >= 0.3 is 6.09 Å². The third-order valence-corrected chi connectivity index (χ3v) is 5.76. The van der Waals surface area contributed by atoms with Gasteiger partial charge in [-0.25, -0.2) is 4.79 Å². The number of nitrogens with zero attached hydrogens (tertiary/aromatic N) is 3. The lowest BCUT2D eigenvalue weighted by molar-refractivity contribution is -0.124. The first-order valence-corrected chi connectivity index (χ1v) is 12.1. The highest BCUT2D eigenvalue weighted by Gasteiger charge is 2.38. The van der Waals surface area contributed by atoms with Crippen molar-refractivity contribution in [3.63, 3.8) is 0 Å². The number of amides is 2. The summed E-state index contributed by atoms with van der Waals surface area (Å²) in [6.07, 6.45) is 2.03. The highest BCUT2D eigenvalue weighted by atomic mass is 16.5. The van der Waals surface area contributed by atoms with E-state index in [0.29, 0.717) is 24.8 Å². The van der Waals surface area contributed by atoms with Gasteiger partial charge in [-0.05, 0) is 44.6 Å². The number of benzene rings is 1. The van der Waals surface area contributed by atoms with Crippen molar-refractivity contribution in [2.75, 3.05) is 26.2 Å². The van der Waals surface area contributed by atoms with Crippen LogP contribution in [0.1, 0.15) is 65.9 Å². The highest BCUT2D eigenvalue weighted by Crippen LogP contribution is 2.26. The third-order valence-electron chi connectivity index (χ3n) is 5.76. The molecule has 8 nitrogen and oxygen atoms in total. The monoisotopic (exact) mass is 469 g/mol. The number of aliphatic imine (C=N–C) groups is 1. The number of hydrogen-bond acceptors (Lipinski definition) is 6. The summed E-state index contributed by atoms with van der Waals surface area (Å²) < 4.78 is 5.04. The molecule has 34 heavy (non-hydrogen) atoms. The summed E-state index contributed by atoms with van der Waals surface area (Å²) in [6.45, 7) is 12.7. The first-order chi connectivity index (χ1) is 16.1. The number of carbonyl (C=O) groups excluding carboxylic acids is 2. The van der Waals surface area contributed by atoms with Gasteiger partial charge in [0.05, 0.1) is 12.7 Å². The van der Waals surface area contributed by atoms with Gasteiger partial charge in [0.15, 0.2) is 0 Å². The van der Waals surface area contributed by atoms with E-state index in [2.05, 4.69) is 28.5 Å². The molecule has 1 aliphatic heterocycles. The van der Waals surface area contributed by atoms with E-state index in [0.717, 1.165) is 26.1 Å². The van der Waals surface area contributed by atoms with Gasteiger partial charge < -0.3 is 15.0 Å². The molecule has 2 amide bonds. The molecule has 1 aromatic carbocycles. The fourth-order valence-electron chi connectivity index (χ4n) is 4.03. The van der Waals surface area contributed by atoms with Gasteiger partial charge in [0.1, 0.15) is 17.4 Å². The van der Waals surface area contributed by atoms with Crippen molar-refractivity contribution in [2.24, 2.45) is 10.4 Å². The van der Waals surface area contributed by atoms with E-state index in [1.54, 1.807) is 6.92 Å². The van der Waals surface area contributed by atoms with Crippen LogP contribution in [0.15, 0.2) is 35.3 Å². The number of ether oxygens (including phenoxy) is 1. The lowest BCUT2D eigenvalue weighted by atomic mass is 9.85. The predicted molar refractivity (Wildman–Crippen MR) is 133 cm³/mol. The van der Waals surface area contributed by atoms with Gasteiger partial charge in [-0.15, -0.1) is 0 Å². The minimum Gasteiger partial charge on any atom is -0.450 e. The van der Waals surface area contributed by atoms with E-state index < -0.39 is 17.7 Å². The molecule has 0 aromatic heterocycles. The van der Waals surface area contributed by atoms with Crippen LogP contribution in [0, 0.1) is 16.7 Å². The summed E-state index contributed by atoms with van der Waals surface area (Å²) in [5.74, 6) is -0.0354. The number of amidine groups is 1. The maximum atomic E-state index is 13.5. The summed E-state index contributed by atoms with van der Waals surface area (Å²) in [6, 6.07) is 10.8. The Labute approximate surface area is 203 Å². The number of nitrogens with one attached hydrogen (secondary N) is 2. The average Bonchev–Trinajstić information content (AvgIpc) is 2.79. The Hall–Kier alpha value is -2.92. The van der Waals surface area contributed by atoms with E-state index in [4.69, 9.17) is 9.73 Å². The van der Waals surface area contributed by atoms with Crippen molar-refractivity contribution in [3.05, 3.63) is 35.9 Å². The fraction of sp³-hybridized carbons (Fsp3) is 0.615. The Kier molecular flexibility index (Phi) is 10.1. The zero-order chi connectivity index (χ0) is 25.2. The van der Waals surface area contributed by atoms with Gasteiger partial charge in [-0.1, -0.05) is 58.0 Å². The Balaban J connectivity index is 2.33.